The zero-order chi connectivity index (χ0) is 14.4. The van der Waals surface area contributed by atoms with E-state index in [1.54, 1.807) is 42.5 Å². The number of ether oxygens (including phenoxy) is 2. The average Bonchev–Trinajstić information content (AvgIpc) is 2.48. The van der Waals surface area contributed by atoms with Gasteiger partial charge in [0.15, 0.2) is 6.61 Å². The van der Waals surface area contributed by atoms with Gasteiger partial charge in [0.05, 0.1) is 10.0 Å². The molecule has 0 saturated carbocycles. The molecule has 4 nitrogen and oxygen atoms in total. The Hall–Kier alpha value is -2.32. The highest BCUT2D eigenvalue weighted by atomic mass is 79.9. The lowest BCUT2D eigenvalue weighted by molar-refractivity contribution is -0.136. The van der Waals surface area contributed by atoms with Crippen LogP contribution in [0, 0.1) is 11.3 Å². The number of carbonyl (C=O) groups excluding carboxylic acids is 1. The number of para-hydroxylation sites is 2. The van der Waals surface area contributed by atoms with Crippen LogP contribution in [0.1, 0.15) is 5.56 Å². The summed E-state index contributed by atoms with van der Waals surface area (Å²) in [7, 11) is 0. The molecule has 0 unspecified atom stereocenters. The van der Waals surface area contributed by atoms with Gasteiger partial charge in [0, 0.05) is 0 Å². The van der Waals surface area contributed by atoms with Gasteiger partial charge in [-0.05, 0) is 40.2 Å². The lowest BCUT2D eigenvalue weighted by Gasteiger charge is -2.08. The Bertz CT molecular complexity index is 664. The lowest BCUT2D eigenvalue weighted by Crippen LogP contribution is -2.18. The number of nitrogens with zero attached hydrogens (tertiary/aromatic N) is 1. The van der Waals surface area contributed by atoms with Gasteiger partial charge < -0.3 is 9.47 Å². The predicted molar refractivity (Wildman–Crippen MR) is 76.4 cm³/mol. The number of halogens is 1. The van der Waals surface area contributed by atoms with Crippen molar-refractivity contribution in [3.05, 3.63) is 58.6 Å². The Morgan fingerprint density at radius 3 is 2.45 bits per heavy atom. The number of hydrogen-bond acceptors (Lipinski definition) is 4. The first-order chi connectivity index (χ1) is 9.70. The molecule has 0 N–H and O–H groups in total. The van der Waals surface area contributed by atoms with Gasteiger partial charge in [-0.1, -0.05) is 24.3 Å². The topological polar surface area (TPSA) is 59.3 Å². The zero-order valence-corrected chi connectivity index (χ0v) is 12.0. The molecule has 0 fully saturated rings. The van der Waals surface area contributed by atoms with Crippen LogP contribution in [-0.4, -0.2) is 12.6 Å². The predicted octanol–water partition coefficient (Wildman–Crippen LogP) is 3.31. The highest BCUT2D eigenvalue weighted by molar-refractivity contribution is 9.10. The van der Waals surface area contributed by atoms with Crippen molar-refractivity contribution in [3.63, 3.8) is 0 Å². The van der Waals surface area contributed by atoms with Crippen LogP contribution >= 0.6 is 15.9 Å². The smallest absolute Gasteiger partial charge is 0.349 e. The summed E-state index contributed by atoms with van der Waals surface area (Å²) in [6, 6.07) is 15.7. The Morgan fingerprint density at radius 2 is 1.75 bits per heavy atom. The number of esters is 1. The molecule has 0 bridgehead atoms. The van der Waals surface area contributed by atoms with Gasteiger partial charge in [0.2, 0.25) is 0 Å². The van der Waals surface area contributed by atoms with Crippen molar-refractivity contribution in [2.45, 2.75) is 0 Å². The maximum Gasteiger partial charge on any atom is 0.349 e. The summed E-state index contributed by atoms with van der Waals surface area (Å²) >= 11 is 3.28. The van der Waals surface area contributed by atoms with Crippen molar-refractivity contribution in [3.8, 4) is 17.6 Å². The minimum Gasteiger partial charge on any atom is -0.481 e. The maximum absolute atomic E-state index is 11.7. The first-order valence-corrected chi connectivity index (χ1v) is 6.57. The highest BCUT2D eigenvalue weighted by Gasteiger charge is 2.10. The summed E-state index contributed by atoms with van der Waals surface area (Å²) in [5.74, 6) is 0.249. The fourth-order valence-corrected chi connectivity index (χ4v) is 1.87. The fourth-order valence-electron chi connectivity index (χ4n) is 1.50. The van der Waals surface area contributed by atoms with E-state index in [0.29, 0.717) is 21.5 Å². The van der Waals surface area contributed by atoms with E-state index in [4.69, 9.17) is 14.7 Å². The van der Waals surface area contributed by atoms with Gasteiger partial charge in [0.1, 0.15) is 17.6 Å². The van der Waals surface area contributed by atoms with Crippen molar-refractivity contribution < 1.29 is 14.3 Å². The van der Waals surface area contributed by atoms with E-state index in [0.717, 1.165) is 0 Å². The van der Waals surface area contributed by atoms with E-state index in [1.807, 2.05) is 12.1 Å². The molecule has 0 amide bonds. The Kier molecular flexibility index (Phi) is 4.75. The zero-order valence-electron chi connectivity index (χ0n) is 10.4. The molecule has 100 valence electrons. The van der Waals surface area contributed by atoms with E-state index >= 15 is 0 Å². The molecule has 0 aliphatic rings. The van der Waals surface area contributed by atoms with Gasteiger partial charge in [-0.3, -0.25) is 0 Å². The molecule has 2 aromatic rings. The number of rotatable bonds is 4. The van der Waals surface area contributed by atoms with Crippen LogP contribution in [0.15, 0.2) is 53.0 Å². The summed E-state index contributed by atoms with van der Waals surface area (Å²) in [5.41, 5.74) is 0.376. The second-order valence-corrected chi connectivity index (χ2v) is 4.66. The van der Waals surface area contributed by atoms with E-state index in [1.165, 1.54) is 0 Å². The standard InChI is InChI=1S/C15H10BrNO3/c16-12-6-2-4-8-14(12)20-15(18)10-19-13-7-3-1-5-11(13)9-17/h1-8H,10H2. The molecule has 5 heteroatoms. The largest absolute Gasteiger partial charge is 0.481 e. The quantitative estimate of drug-likeness (QED) is 0.637. The molecule has 0 saturated heterocycles. The molecule has 20 heavy (non-hydrogen) atoms. The SMILES string of the molecule is N#Cc1ccccc1OCC(=O)Oc1ccccc1Br. The van der Waals surface area contributed by atoms with Crippen molar-refractivity contribution >= 4 is 21.9 Å². The molecule has 0 heterocycles. The second-order valence-electron chi connectivity index (χ2n) is 3.80. The minimum absolute atomic E-state index is 0.264. The van der Waals surface area contributed by atoms with Crippen LogP contribution in [0.25, 0.3) is 0 Å². The van der Waals surface area contributed by atoms with Gasteiger partial charge in [0.25, 0.3) is 0 Å². The molecule has 0 aliphatic carbocycles. The number of benzene rings is 2. The number of hydrogen-bond donors (Lipinski definition) is 0. The Balaban J connectivity index is 1.96. The molecular weight excluding hydrogens is 322 g/mol. The van der Waals surface area contributed by atoms with Crippen LogP contribution < -0.4 is 9.47 Å². The lowest BCUT2D eigenvalue weighted by atomic mass is 10.2. The van der Waals surface area contributed by atoms with Gasteiger partial charge in [-0.25, -0.2) is 4.79 Å². The molecule has 0 aromatic heterocycles. The molecule has 2 aromatic carbocycles. The molecule has 0 spiro atoms. The number of nitriles is 1. The van der Waals surface area contributed by atoms with Crippen molar-refractivity contribution in [1.29, 1.82) is 5.26 Å². The third-order valence-electron chi connectivity index (χ3n) is 2.41. The van der Waals surface area contributed by atoms with Crippen LogP contribution in [0.2, 0.25) is 0 Å². The third-order valence-corrected chi connectivity index (χ3v) is 3.07. The minimum atomic E-state index is -0.537. The van der Waals surface area contributed by atoms with E-state index in [-0.39, 0.29) is 6.61 Å². The third kappa shape index (κ3) is 3.59. The van der Waals surface area contributed by atoms with Gasteiger partial charge in [-0.15, -0.1) is 0 Å². The average molecular weight is 332 g/mol. The van der Waals surface area contributed by atoms with Crippen molar-refractivity contribution in [2.75, 3.05) is 6.61 Å². The van der Waals surface area contributed by atoms with Crippen molar-refractivity contribution in [1.82, 2.24) is 0 Å². The van der Waals surface area contributed by atoms with Crippen LogP contribution in [0.4, 0.5) is 0 Å². The molecule has 0 aliphatic heterocycles. The normalized spacial score (nSPS) is 9.60. The van der Waals surface area contributed by atoms with E-state index in [2.05, 4.69) is 15.9 Å². The van der Waals surface area contributed by atoms with Crippen LogP contribution in [0.3, 0.4) is 0 Å². The summed E-state index contributed by atoms with van der Waals surface area (Å²) in [6.45, 7) is -0.264. The van der Waals surface area contributed by atoms with Gasteiger partial charge >= 0.3 is 5.97 Å². The molecule has 0 radical (unpaired) electrons. The second kappa shape index (κ2) is 6.73. The van der Waals surface area contributed by atoms with E-state index in [9.17, 15) is 4.79 Å². The summed E-state index contributed by atoms with van der Waals surface area (Å²) in [4.78, 5) is 11.7. The fraction of sp³-hybridized carbons (Fsp3) is 0.0667. The molecule has 2 rings (SSSR count). The Morgan fingerprint density at radius 1 is 1.10 bits per heavy atom. The first kappa shape index (κ1) is 14.1. The molecular formula is C15H10BrNO3. The summed E-state index contributed by atoms with van der Waals surface area (Å²) in [6.07, 6.45) is 0. The summed E-state index contributed by atoms with van der Waals surface area (Å²) < 4.78 is 11.1. The number of carbonyl (C=O) groups is 1. The maximum atomic E-state index is 11.7. The first-order valence-electron chi connectivity index (χ1n) is 5.78. The van der Waals surface area contributed by atoms with Crippen LogP contribution in [-0.2, 0) is 4.79 Å². The summed E-state index contributed by atoms with van der Waals surface area (Å²) in [5, 5.41) is 8.90. The highest BCUT2D eigenvalue weighted by Crippen LogP contribution is 2.24. The van der Waals surface area contributed by atoms with Crippen molar-refractivity contribution in [2.24, 2.45) is 0 Å². The monoisotopic (exact) mass is 331 g/mol. The van der Waals surface area contributed by atoms with Crippen LogP contribution in [0.5, 0.6) is 11.5 Å². The van der Waals surface area contributed by atoms with Gasteiger partial charge in [-0.2, -0.15) is 5.26 Å². The Labute approximate surface area is 124 Å². The molecule has 0 atom stereocenters. The van der Waals surface area contributed by atoms with E-state index < -0.39 is 5.97 Å².